The molecule has 106 valence electrons. The number of anilines is 2. The zero-order chi connectivity index (χ0) is 13.7. The van der Waals surface area contributed by atoms with Crippen molar-refractivity contribution in [1.29, 1.82) is 0 Å². The fourth-order valence-electron chi connectivity index (χ4n) is 2.15. The monoisotopic (exact) mass is 265 g/mol. The van der Waals surface area contributed by atoms with Crippen molar-refractivity contribution in [3.8, 4) is 5.88 Å². The molecule has 0 aliphatic carbocycles. The molecule has 1 aromatic rings. The number of ether oxygens (including phenoxy) is 1. The summed E-state index contributed by atoms with van der Waals surface area (Å²) < 4.78 is 5.51. The average Bonchev–Trinajstić information content (AvgIpc) is 2.42. The van der Waals surface area contributed by atoms with E-state index >= 15 is 0 Å². The van der Waals surface area contributed by atoms with E-state index in [1.165, 1.54) is 6.33 Å². The number of rotatable bonds is 5. The molecule has 0 bridgehead atoms. The van der Waals surface area contributed by atoms with Crippen LogP contribution < -0.4 is 15.8 Å². The number of nitrogen functional groups attached to an aromatic ring is 1. The lowest BCUT2D eigenvalue weighted by Gasteiger charge is -2.30. The topological polar surface area (TPSA) is 76.3 Å². The Morgan fingerprint density at radius 2 is 2.16 bits per heavy atom. The van der Waals surface area contributed by atoms with Gasteiger partial charge in [-0.05, 0) is 39.4 Å². The van der Waals surface area contributed by atoms with Crippen LogP contribution in [0, 0.1) is 0 Å². The molecule has 0 saturated carbocycles. The molecule has 19 heavy (non-hydrogen) atoms. The zero-order valence-electron chi connectivity index (χ0n) is 11.7. The highest BCUT2D eigenvalue weighted by molar-refractivity contribution is 5.66. The van der Waals surface area contributed by atoms with Crippen LogP contribution in [0.4, 0.5) is 11.5 Å². The second kappa shape index (κ2) is 6.56. The van der Waals surface area contributed by atoms with Gasteiger partial charge in [-0.1, -0.05) is 6.92 Å². The summed E-state index contributed by atoms with van der Waals surface area (Å²) in [6.45, 7) is 4.87. The molecule has 0 aromatic carbocycles. The van der Waals surface area contributed by atoms with Gasteiger partial charge in [-0.25, -0.2) is 4.98 Å². The smallest absolute Gasteiger partial charge is 0.242 e. The summed E-state index contributed by atoms with van der Waals surface area (Å²) >= 11 is 0. The predicted octanol–water partition coefficient (Wildman–Crippen LogP) is 1.35. The van der Waals surface area contributed by atoms with Crippen molar-refractivity contribution in [2.75, 3.05) is 37.8 Å². The minimum Gasteiger partial charge on any atom is -0.476 e. The first kappa shape index (κ1) is 13.9. The highest BCUT2D eigenvalue weighted by Crippen LogP contribution is 2.26. The van der Waals surface area contributed by atoms with Crippen LogP contribution in [0.1, 0.15) is 26.2 Å². The minimum absolute atomic E-state index is 0.424. The molecule has 1 aliphatic rings. The molecule has 0 amide bonds. The summed E-state index contributed by atoms with van der Waals surface area (Å²) in [7, 11) is 2.14. The van der Waals surface area contributed by atoms with Crippen LogP contribution in [0.3, 0.4) is 0 Å². The van der Waals surface area contributed by atoms with Crippen molar-refractivity contribution in [1.82, 2.24) is 14.9 Å². The van der Waals surface area contributed by atoms with Crippen LogP contribution in [-0.2, 0) is 0 Å². The first-order valence-corrected chi connectivity index (χ1v) is 6.89. The fraction of sp³-hybridized carbons (Fsp3) is 0.692. The molecular weight excluding hydrogens is 242 g/mol. The maximum Gasteiger partial charge on any atom is 0.242 e. The van der Waals surface area contributed by atoms with Crippen LogP contribution in [0.2, 0.25) is 0 Å². The second-order valence-electron chi connectivity index (χ2n) is 5.01. The first-order chi connectivity index (χ1) is 9.20. The molecule has 0 radical (unpaired) electrons. The van der Waals surface area contributed by atoms with Crippen molar-refractivity contribution < 1.29 is 4.74 Å². The number of nitrogens with two attached hydrogens (primary N) is 1. The maximum absolute atomic E-state index is 6.05. The normalized spacial score (nSPS) is 17.4. The second-order valence-corrected chi connectivity index (χ2v) is 5.01. The van der Waals surface area contributed by atoms with Gasteiger partial charge in [0.15, 0.2) is 5.82 Å². The van der Waals surface area contributed by atoms with Crippen LogP contribution in [0.15, 0.2) is 6.33 Å². The van der Waals surface area contributed by atoms with Gasteiger partial charge in [0.25, 0.3) is 0 Å². The van der Waals surface area contributed by atoms with Crippen molar-refractivity contribution in [3.05, 3.63) is 6.33 Å². The number of hydrogen-bond acceptors (Lipinski definition) is 6. The molecule has 3 N–H and O–H groups in total. The van der Waals surface area contributed by atoms with Gasteiger partial charge in [0.2, 0.25) is 5.88 Å². The van der Waals surface area contributed by atoms with E-state index in [4.69, 9.17) is 10.5 Å². The van der Waals surface area contributed by atoms with Gasteiger partial charge >= 0.3 is 0 Å². The minimum atomic E-state index is 0.424. The molecule has 1 saturated heterocycles. The summed E-state index contributed by atoms with van der Waals surface area (Å²) in [6, 6.07) is 0.424. The lowest BCUT2D eigenvalue weighted by atomic mass is 10.1. The number of piperidine rings is 1. The number of hydrogen-bond donors (Lipinski definition) is 2. The van der Waals surface area contributed by atoms with E-state index in [2.05, 4.69) is 34.2 Å². The van der Waals surface area contributed by atoms with E-state index in [0.717, 1.165) is 32.4 Å². The Morgan fingerprint density at radius 1 is 1.42 bits per heavy atom. The number of nitrogens with zero attached hydrogens (tertiary/aromatic N) is 3. The molecular formula is C13H23N5O. The van der Waals surface area contributed by atoms with Crippen LogP contribution >= 0.6 is 0 Å². The summed E-state index contributed by atoms with van der Waals surface area (Å²) in [4.78, 5) is 10.6. The van der Waals surface area contributed by atoms with E-state index in [1.54, 1.807) is 0 Å². The van der Waals surface area contributed by atoms with Gasteiger partial charge in [-0.3, -0.25) is 0 Å². The highest BCUT2D eigenvalue weighted by Gasteiger charge is 2.18. The SMILES string of the molecule is CCCOc1ncnc(NC2CCN(C)CC2)c1N. The summed E-state index contributed by atoms with van der Waals surface area (Å²) in [5, 5.41) is 3.40. The van der Waals surface area contributed by atoms with Crippen molar-refractivity contribution in [2.24, 2.45) is 0 Å². The van der Waals surface area contributed by atoms with E-state index in [-0.39, 0.29) is 0 Å². The first-order valence-electron chi connectivity index (χ1n) is 6.89. The Bertz CT molecular complexity index is 404. The summed E-state index contributed by atoms with van der Waals surface area (Å²) in [5.74, 6) is 1.17. The third kappa shape index (κ3) is 3.70. The van der Waals surface area contributed by atoms with E-state index < -0.39 is 0 Å². The fourth-order valence-corrected chi connectivity index (χ4v) is 2.15. The molecule has 1 aliphatic heterocycles. The molecule has 2 heterocycles. The van der Waals surface area contributed by atoms with Crippen molar-refractivity contribution in [2.45, 2.75) is 32.2 Å². The zero-order valence-corrected chi connectivity index (χ0v) is 11.7. The molecule has 6 heteroatoms. The Balaban J connectivity index is 1.99. The molecule has 0 spiro atoms. The Morgan fingerprint density at radius 3 is 2.84 bits per heavy atom. The van der Waals surface area contributed by atoms with Gasteiger partial charge in [0.05, 0.1) is 6.61 Å². The molecule has 0 atom stereocenters. The quantitative estimate of drug-likeness (QED) is 0.837. The number of nitrogens with one attached hydrogen (secondary N) is 1. The van der Waals surface area contributed by atoms with E-state index in [1.807, 2.05) is 0 Å². The average molecular weight is 265 g/mol. The van der Waals surface area contributed by atoms with Gasteiger partial charge in [0, 0.05) is 6.04 Å². The lowest BCUT2D eigenvalue weighted by Crippen LogP contribution is -2.37. The number of aromatic nitrogens is 2. The largest absolute Gasteiger partial charge is 0.476 e. The van der Waals surface area contributed by atoms with Gasteiger partial charge in [0.1, 0.15) is 12.0 Å². The van der Waals surface area contributed by atoms with E-state index in [9.17, 15) is 0 Å². The van der Waals surface area contributed by atoms with Crippen molar-refractivity contribution >= 4 is 11.5 Å². The highest BCUT2D eigenvalue weighted by atomic mass is 16.5. The third-order valence-electron chi connectivity index (χ3n) is 3.35. The summed E-state index contributed by atoms with van der Waals surface area (Å²) in [5.41, 5.74) is 6.55. The molecule has 2 rings (SSSR count). The third-order valence-corrected chi connectivity index (χ3v) is 3.35. The number of likely N-dealkylation sites (tertiary alicyclic amines) is 1. The van der Waals surface area contributed by atoms with Crippen molar-refractivity contribution in [3.63, 3.8) is 0 Å². The maximum atomic E-state index is 6.05. The standard InChI is InChI=1S/C13H23N5O/c1-3-8-19-13-11(14)12(15-9-16-13)17-10-4-6-18(2)7-5-10/h9-10H,3-8,14H2,1-2H3,(H,15,16,17). The van der Waals surface area contributed by atoms with Gasteiger partial charge < -0.3 is 20.7 Å². The van der Waals surface area contributed by atoms with Crippen LogP contribution in [0.25, 0.3) is 0 Å². The van der Waals surface area contributed by atoms with Gasteiger partial charge in [-0.2, -0.15) is 4.98 Å². The Kier molecular flexibility index (Phi) is 4.79. The van der Waals surface area contributed by atoms with Gasteiger partial charge in [-0.15, -0.1) is 0 Å². The Hall–Kier alpha value is -1.56. The van der Waals surface area contributed by atoms with E-state index in [0.29, 0.717) is 30.0 Å². The molecule has 1 aromatic heterocycles. The van der Waals surface area contributed by atoms with Crippen LogP contribution in [0.5, 0.6) is 5.88 Å². The summed E-state index contributed by atoms with van der Waals surface area (Å²) in [6.07, 6.45) is 4.63. The molecule has 6 nitrogen and oxygen atoms in total. The Labute approximate surface area is 114 Å². The lowest BCUT2D eigenvalue weighted by molar-refractivity contribution is 0.263. The molecule has 0 unspecified atom stereocenters. The predicted molar refractivity (Wildman–Crippen MR) is 76.4 cm³/mol. The molecule has 1 fully saturated rings. The van der Waals surface area contributed by atoms with Crippen LogP contribution in [-0.4, -0.2) is 47.7 Å².